The molecule has 0 amide bonds. The van der Waals surface area contributed by atoms with Crippen molar-refractivity contribution >= 4 is 0 Å². The monoisotopic (exact) mass is 279 g/mol. The molecule has 0 bridgehead atoms. The predicted octanol–water partition coefficient (Wildman–Crippen LogP) is 3.52. The fourth-order valence-corrected chi connectivity index (χ4v) is 2.05. The average Bonchev–Trinajstić information content (AvgIpc) is 2.46. The zero-order valence-electron chi connectivity index (χ0n) is 10.9. The van der Waals surface area contributed by atoms with Gasteiger partial charge in [-0.25, -0.2) is 0 Å². The molecule has 0 aliphatic heterocycles. The second-order valence-corrected chi connectivity index (χ2v) is 4.43. The molecule has 1 N–H and O–H groups in total. The van der Waals surface area contributed by atoms with Crippen LogP contribution in [0.1, 0.15) is 30.1 Å². The number of hydrogen-bond donors (Lipinski definition) is 1. The average molecular weight is 279 g/mol. The lowest BCUT2D eigenvalue weighted by molar-refractivity contribution is -0.0517. The number of rotatable bonds is 5. The fourth-order valence-electron chi connectivity index (χ4n) is 2.05. The summed E-state index contributed by atoms with van der Waals surface area (Å²) in [5.41, 5.74) is 1.22. The van der Waals surface area contributed by atoms with Crippen molar-refractivity contribution in [3.05, 3.63) is 59.9 Å². The van der Waals surface area contributed by atoms with Crippen LogP contribution in [0.2, 0.25) is 0 Å². The molecule has 2 unspecified atom stereocenters. The van der Waals surface area contributed by atoms with E-state index in [0.29, 0.717) is 5.56 Å². The van der Waals surface area contributed by atoms with E-state index in [2.05, 4.69) is 9.72 Å². The van der Waals surface area contributed by atoms with Gasteiger partial charge in [-0.05, 0) is 23.8 Å². The summed E-state index contributed by atoms with van der Waals surface area (Å²) in [7, 11) is 0. The largest absolute Gasteiger partial charge is 0.434 e. The molecule has 0 spiro atoms. The second-order valence-electron chi connectivity index (χ2n) is 4.43. The normalized spacial score (nSPS) is 14.1. The van der Waals surface area contributed by atoms with Crippen LogP contribution in [-0.4, -0.2) is 16.7 Å². The van der Waals surface area contributed by atoms with Crippen molar-refractivity contribution in [3.63, 3.8) is 0 Å². The van der Waals surface area contributed by atoms with Crippen molar-refractivity contribution in [1.82, 2.24) is 4.98 Å². The van der Waals surface area contributed by atoms with E-state index in [1.165, 1.54) is 6.07 Å². The van der Waals surface area contributed by atoms with Crippen LogP contribution in [-0.2, 0) is 0 Å². The molecule has 1 aromatic heterocycles. The molecule has 1 heterocycles. The Morgan fingerprint density at radius 2 is 1.75 bits per heavy atom. The number of aliphatic hydroxyl groups excluding tert-OH is 1. The quantitative estimate of drug-likeness (QED) is 0.910. The maximum absolute atomic E-state index is 12.4. The van der Waals surface area contributed by atoms with Crippen LogP contribution < -0.4 is 4.74 Å². The summed E-state index contributed by atoms with van der Waals surface area (Å²) in [5.74, 6) is -0.267. The summed E-state index contributed by atoms with van der Waals surface area (Å²) in [5, 5.41) is 10.4. The van der Waals surface area contributed by atoms with E-state index in [-0.39, 0.29) is 11.7 Å². The molecular weight excluding hydrogens is 264 g/mol. The van der Waals surface area contributed by atoms with Crippen LogP contribution in [0.3, 0.4) is 0 Å². The minimum absolute atomic E-state index is 0.00379. The standard InChI is InChI=1S/C15H15F2NO2/c1-10(11-6-8-18-9-7-11)14(19)12-4-2-3-5-13(12)20-15(16)17/h2-10,14-15,19H,1H3. The molecule has 2 rings (SSSR count). The van der Waals surface area contributed by atoms with Crippen molar-refractivity contribution < 1.29 is 18.6 Å². The Bertz CT molecular complexity index is 549. The Morgan fingerprint density at radius 3 is 2.40 bits per heavy atom. The Hall–Kier alpha value is -2.01. The van der Waals surface area contributed by atoms with Gasteiger partial charge in [0, 0.05) is 23.9 Å². The molecule has 0 fully saturated rings. The molecule has 0 saturated carbocycles. The first-order valence-electron chi connectivity index (χ1n) is 6.21. The van der Waals surface area contributed by atoms with E-state index in [4.69, 9.17) is 0 Å². The van der Waals surface area contributed by atoms with Crippen molar-refractivity contribution in [1.29, 1.82) is 0 Å². The molecule has 5 heteroatoms. The van der Waals surface area contributed by atoms with Crippen molar-refractivity contribution in [2.45, 2.75) is 25.6 Å². The number of hydrogen-bond acceptors (Lipinski definition) is 3. The lowest BCUT2D eigenvalue weighted by atomic mass is 9.91. The maximum atomic E-state index is 12.4. The zero-order valence-corrected chi connectivity index (χ0v) is 10.9. The van der Waals surface area contributed by atoms with Gasteiger partial charge in [0.1, 0.15) is 5.75 Å². The van der Waals surface area contributed by atoms with Gasteiger partial charge in [0.15, 0.2) is 0 Å². The number of benzene rings is 1. The van der Waals surface area contributed by atoms with Crippen molar-refractivity contribution in [2.24, 2.45) is 0 Å². The van der Waals surface area contributed by atoms with Gasteiger partial charge in [-0.2, -0.15) is 8.78 Å². The van der Waals surface area contributed by atoms with Gasteiger partial charge in [0.2, 0.25) is 0 Å². The number of ether oxygens (including phenoxy) is 1. The highest BCUT2D eigenvalue weighted by molar-refractivity contribution is 5.37. The van der Waals surface area contributed by atoms with Gasteiger partial charge in [0.25, 0.3) is 0 Å². The fraction of sp³-hybridized carbons (Fsp3) is 0.267. The lowest BCUT2D eigenvalue weighted by Crippen LogP contribution is -2.11. The molecule has 0 radical (unpaired) electrons. The van der Waals surface area contributed by atoms with Gasteiger partial charge in [-0.15, -0.1) is 0 Å². The second kappa shape index (κ2) is 6.43. The van der Waals surface area contributed by atoms with Gasteiger partial charge >= 0.3 is 6.61 Å². The molecular formula is C15H15F2NO2. The molecule has 0 aliphatic carbocycles. The van der Waals surface area contributed by atoms with Crippen molar-refractivity contribution in [2.75, 3.05) is 0 Å². The van der Waals surface area contributed by atoms with E-state index in [1.54, 1.807) is 42.7 Å². The maximum Gasteiger partial charge on any atom is 0.387 e. The topological polar surface area (TPSA) is 42.4 Å². The molecule has 106 valence electrons. The number of nitrogens with zero attached hydrogens (tertiary/aromatic N) is 1. The number of alkyl halides is 2. The Kier molecular flexibility index (Phi) is 4.63. The Morgan fingerprint density at radius 1 is 1.10 bits per heavy atom. The third-order valence-corrected chi connectivity index (χ3v) is 3.16. The first-order chi connectivity index (χ1) is 9.59. The number of halogens is 2. The third kappa shape index (κ3) is 3.30. The van der Waals surface area contributed by atoms with E-state index >= 15 is 0 Å². The number of para-hydroxylation sites is 1. The van der Waals surface area contributed by atoms with Crippen LogP contribution in [0.15, 0.2) is 48.8 Å². The molecule has 2 aromatic rings. The van der Waals surface area contributed by atoms with Crippen molar-refractivity contribution in [3.8, 4) is 5.75 Å². The molecule has 3 nitrogen and oxygen atoms in total. The first kappa shape index (κ1) is 14.4. The van der Waals surface area contributed by atoms with E-state index in [9.17, 15) is 13.9 Å². The molecule has 1 aromatic carbocycles. The summed E-state index contributed by atoms with van der Waals surface area (Å²) in [6, 6.07) is 9.83. The highest BCUT2D eigenvalue weighted by Gasteiger charge is 2.22. The molecule has 2 atom stereocenters. The Labute approximate surface area is 115 Å². The van der Waals surface area contributed by atoms with Crippen LogP contribution in [0.25, 0.3) is 0 Å². The van der Waals surface area contributed by atoms with E-state index in [0.717, 1.165) is 5.56 Å². The number of pyridine rings is 1. The molecule has 20 heavy (non-hydrogen) atoms. The minimum atomic E-state index is -2.92. The van der Waals surface area contributed by atoms with Gasteiger partial charge in [0.05, 0.1) is 6.10 Å². The van der Waals surface area contributed by atoms with E-state index < -0.39 is 12.7 Å². The lowest BCUT2D eigenvalue weighted by Gasteiger charge is -2.21. The summed E-state index contributed by atoms with van der Waals surface area (Å²) in [6.45, 7) is -1.10. The van der Waals surface area contributed by atoms with Crippen LogP contribution in [0.4, 0.5) is 8.78 Å². The van der Waals surface area contributed by atoms with E-state index in [1.807, 2.05) is 6.92 Å². The summed E-state index contributed by atoms with van der Waals surface area (Å²) < 4.78 is 29.2. The SMILES string of the molecule is CC(c1ccncc1)C(O)c1ccccc1OC(F)F. The van der Waals surface area contributed by atoms with Gasteiger partial charge < -0.3 is 9.84 Å². The summed E-state index contributed by atoms with van der Waals surface area (Å²) in [4.78, 5) is 3.91. The number of aliphatic hydroxyl groups is 1. The van der Waals surface area contributed by atoms with Crippen LogP contribution >= 0.6 is 0 Å². The predicted molar refractivity (Wildman–Crippen MR) is 70.7 cm³/mol. The highest BCUT2D eigenvalue weighted by Crippen LogP contribution is 2.35. The first-order valence-corrected chi connectivity index (χ1v) is 6.21. The number of aromatic nitrogens is 1. The van der Waals surface area contributed by atoms with Gasteiger partial charge in [-0.1, -0.05) is 25.1 Å². The van der Waals surface area contributed by atoms with Crippen LogP contribution in [0, 0.1) is 0 Å². The summed E-state index contributed by atoms with van der Waals surface area (Å²) in [6.07, 6.45) is 2.31. The zero-order chi connectivity index (χ0) is 14.5. The van der Waals surface area contributed by atoms with Gasteiger partial charge in [-0.3, -0.25) is 4.98 Å². The van der Waals surface area contributed by atoms with Crippen LogP contribution in [0.5, 0.6) is 5.75 Å². The minimum Gasteiger partial charge on any atom is -0.434 e. The molecule has 0 saturated heterocycles. The third-order valence-electron chi connectivity index (χ3n) is 3.16. The Balaban J connectivity index is 2.27. The summed E-state index contributed by atoms with van der Waals surface area (Å²) >= 11 is 0. The molecule has 0 aliphatic rings. The smallest absolute Gasteiger partial charge is 0.387 e. The highest BCUT2D eigenvalue weighted by atomic mass is 19.3.